The third kappa shape index (κ3) is 6.16. The number of rotatable bonds is 10. The van der Waals surface area contributed by atoms with Gasteiger partial charge < -0.3 is 23.7 Å². The molecule has 0 radical (unpaired) electrons. The van der Waals surface area contributed by atoms with Crippen LogP contribution in [0.2, 0.25) is 0 Å². The fraction of sp³-hybridized carbons (Fsp3) is 0.345. The highest BCUT2D eigenvalue weighted by Crippen LogP contribution is 2.33. The highest BCUT2D eigenvalue weighted by Gasteiger charge is 2.51. The molecule has 0 aliphatic carbocycles. The summed E-state index contributed by atoms with van der Waals surface area (Å²) in [7, 11) is 0. The van der Waals surface area contributed by atoms with Crippen molar-refractivity contribution in [3.05, 3.63) is 108 Å². The molecule has 6 nitrogen and oxygen atoms in total. The normalized spacial score (nSPS) is 25.5. The second-order valence-corrected chi connectivity index (χ2v) is 8.82. The summed E-state index contributed by atoms with van der Waals surface area (Å²) in [6.07, 6.45) is -1.61. The minimum atomic E-state index is -0.516. The first kappa shape index (κ1) is 23.7. The average Bonchev–Trinajstić information content (AvgIpc) is 3.28. The van der Waals surface area contributed by atoms with Crippen molar-refractivity contribution >= 4 is 5.90 Å². The van der Waals surface area contributed by atoms with E-state index in [1.165, 1.54) is 0 Å². The van der Waals surface area contributed by atoms with Crippen LogP contribution in [-0.4, -0.2) is 43.1 Å². The molecule has 0 saturated carbocycles. The molecule has 2 heterocycles. The SMILES string of the molecule is CC1=NC2C(O1)OC(COCc1ccccc1)C(OCc1ccccc1)C2OCc1ccccc1. The Balaban J connectivity index is 1.34. The molecular formula is C29H31NO5. The summed E-state index contributed by atoms with van der Waals surface area (Å²) in [5, 5.41) is 0. The van der Waals surface area contributed by atoms with Gasteiger partial charge in [0.15, 0.2) is 5.90 Å². The van der Waals surface area contributed by atoms with E-state index in [-0.39, 0.29) is 24.4 Å². The highest BCUT2D eigenvalue weighted by molar-refractivity contribution is 5.75. The van der Waals surface area contributed by atoms with Crippen LogP contribution in [0.25, 0.3) is 0 Å². The van der Waals surface area contributed by atoms with Crippen LogP contribution in [0.5, 0.6) is 0 Å². The van der Waals surface area contributed by atoms with Gasteiger partial charge in [0.05, 0.1) is 26.4 Å². The molecule has 5 atom stereocenters. The van der Waals surface area contributed by atoms with E-state index in [4.69, 9.17) is 28.7 Å². The van der Waals surface area contributed by atoms with Crippen LogP contribution < -0.4 is 0 Å². The van der Waals surface area contributed by atoms with Gasteiger partial charge in [0.1, 0.15) is 24.4 Å². The molecule has 0 N–H and O–H groups in total. The van der Waals surface area contributed by atoms with Crippen LogP contribution in [0.1, 0.15) is 23.6 Å². The summed E-state index contributed by atoms with van der Waals surface area (Å²) >= 11 is 0. The van der Waals surface area contributed by atoms with Crippen molar-refractivity contribution < 1.29 is 23.7 Å². The predicted octanol–water partition coefficient (Wildman–Crippen LogP) is 4.92. The maximum Gasteiger partial charge on any atom is 0.227 e. The maximum atomic E-state index is 6.48. The fourth-order valence-corrected chi connectivity index (χ4v) is 4.46. The maximum absolute atomic E-state index is 6.48. The van der Waals surface area contributed by atoms with Gasteiger partial charge in [-0.05, 0) is 16.7 Å². The molecule has 182 valence electrons. The Morgan fingerprint density at radius 3 is 1.77 bits per heavy atom. The standard InChI is InChI=1S/C29H31NO5/c1-21-30-26-28(33-19-24-15-9-4-10-16-24)27(32-18-23-13-7-3-8-14-23)25(35-29(26)34-21)20-31-17-22-11-5-2-6-12-22/h2-16,25-29H,17-20H2,1H3. The molecule has 1 saturated heterocycles. The molecule has 1 fully saturated rings. The Morgan fingerprint density at radius 2 is 1.20 bits per heavy atom. The minimum absolute atomic E-state index is 0.301. The first-order valence-corrected chi connectivity index (χ1v) is 12.1. The van der Waals surface area contributed by atoms with E-state index < -0.39 is 6.29 Å². The van der Waals surface area contributed by atoms with E-state index in [0.29, 0.717) is 32.3 Å². The highest BCUT2D eigenvalue weighted by atomic mass is 16.7. The zero-order valence-electron chi connectivity index (χ0n) is 19.9. The molecule has 2 aliphatic heterocycles. The van der Waals surface area contributed by atoms with Gasteiger partial charge in [-0.15, -0.1) is 0 Å². The van der Waals surface area contributed by atoms with Gasteiger partial charge in [-0.3, -0.25) is 0 Å². The van der Waals surface area contributed by atoms with Crippen molar-refractivity contribution in [1.29, 1.82) is 0 Å². The molecule has 5 rings (SSSR count). The van der Waals surface area contributed by atoms with Gasteiger partial charge in [-0.2, -0.15) is 0 Å². The molecule has 3 aromatic carbocycles. The van der Waals surface area contributed by atoms with Crippen LogP contribution >= 0.6 is 0 Å². The van der Waals surface area contributed by atoms with E-state index >= 15 is 0 Å². The minimum Gasteiger partial charge on any atom is -0.450 e. The summed E-state index contributed by atoms with van der Waals surface area (Å²) in [5.74, 6) is 0.598. The van der Waals surface area contributed by atoms with Crippen molar-refractivity contribution in [3.63, 3.8) is 0 Å². The third-order valence-corrected chi connectivity index (χ3v) is 6.20. The number of hydrogen-bond donors (Lipinski definition) is 0. The van der Waals surface area contributed by atoms with Crippen LogP contribution in [0, 0.1) is 0 Å². The molecule has 6 heteroatoms. The Labute approximate surface area is 206 Å². The summed E-state index contributed by atoms with van der Waals surface area (Å²) < 4.78 is 31.3. The number of fused-ring (bicyclic) bond motifs is 1. The molecule has 35 heavy (non-hydrogen) atoms. The number of nitrogens with zero attached hydrogens (tertiary/aromatic N) is 1. The summed E-state index contributed by atoms with van der Waals surface area (Å²) in [5.41, 5.74) is 3.28. The third-order valence-electron chi connectivity index (χ3n) is 6.20. The molecule has 0 bridgehead atoms. The molecule has 0 amide bonds. The van der Waals surface area contributed by atoms with Crippen LogP contribution in [-0.2, 0) is 43.5 Å². The number of hydrogen-bond acceptors (Lipinski definition) is 6. The van der Waals surface area contributed by atoms with Crippen molar-refractivity contribution in [2.75, 3.05) is 6.61 Å². The van der Waals surface area contributed by atoms with Gasteiger partial charge in [0, 0.05) is 6.92 Å². The number of ether oxygens (including phenoxy) is 5. The monoisotopic (exact) mass is 473 g/mol. The van der Waals surface area contributed by atoms with Gasteiger partial charge in [0.25, 0.3) is 0 Å². The summed E-state index contributed by atoms with van der Waals surface area (Å²) in [6.45, 7) is 3.58. The van der Waals surface area contributed by atoms with Crippen molar-refractivity contribution in [2.45, 2.75) is 57.4 Å². The average molecular weight is 474 g/mol. The lowest BCUT2D eigenvalue weighted by Crippen LogP contribution is -2.59. The van der Waals surface area contributed by atoms with Crippen molar-refractivity contribution in [3.8, 4) is 0 Å². The van der Waals surface area contributed by atoms with Gasteiger partial charge in [-0.1, -0.05) is 91.0 Å². The van der Waals surface area contributed by atoms with Gasteiger partial charge >= 0.3 is 0 Å². The quantitative estimate of drug-likeness (QED) is 0.419. The number of benzene rings is 3. The lowest BCUT2D eigenvalue weighted by Gasteiger charge is -2.42. The lowest BCUT2D eigenvalue weighted by molar-refractivity contribution is -0.261. The van der Waals surface area contributed by atoms with Crippen LogP contribution in [0.15, 0.2) is 96.0 Å². The van der Waals surface area contributed by atoms with Gasteiger partial charge in [0.2, 0.25) is 6.29 Å². The first-order valence-electron chi connectivity index (χ1n) is 12.1. The summed E-state index contributed by atoms with van der Waals surface area (Å²) in [4.78, 5) is 4.70. The summed E-state index contributed by atoms with van der Waals surface area (Å²) in [6, 6.07) is 30.0. The van der Waals surface area contributed by atoms with E-state index in [9.17, 15) is 0 Å². The number of aliphatic imine (C=N–C) groups is 1. The first-order chi connectivity index (χ1) is 17.3. The second-order valence-electron chi connectivity index (χ2n) is 8.82. The largest absolute Gasteiger partial charge is 0.450 e. The van der Waals surface area contributed by atoms with Crippen LogP contribution in [0.4, 0.5) is 0 Å². The van der Waals surface area contributed by atoms with E-state index in [0.717, 1.165) is 16.7 Å². The molecule has 3 aromatic rings. The smallest absolute Gasteiger partial charge is 0.227 e. The Morgan fingerprint density at radius 1 is 0.686 bits per heavy atom. The zero-order valence-corrected chi connectivity index (χ0v) is 19.9. The fourth-order valence-electron chi connectivity index (χ4n) is 4.46. The zero-order chi connectivity index (χ0) is 23.9. The van der Waals surface area contributed by atoms with E-state index in [2.05, 4.69) is 12.1 Å². The topological polar surface area (TPSA) is 58.5 Å². The van der Waals surface area contributed by atoms with E-state index in [1.807, 2.05) is 85.8 Å². The van der Waals surface area contributed by atoms with E-state index in [1.54, 1.807) is 0 Å². The van der Waals surface area contributed by atoms with Crippen molar-refractivity contribution in [2.24, 2.45) is 4.99 Å². The molecule has 5 unspecified atom stereocenters. The second kappa shape index (κ2) is 11.6. The van der Waals surface area contributed by atoms with Gasteiger partial charge in [-0.25, -0.2) is 4.99 Å². The molecule has 2 aliphatic rings. The molecule has 0 aromatic heterocycles. The predicted molar refractivity (Wildman–Crippen MR) is 133 cm³/mol. The Kier molecular flexibility index (Phi) is 7.85. The lowest BCUT2D eigenvalue weighted by atomic mass is 9.97. The molecular weight excluding hydrogens is 442 g/mol. The Hall–Kier alpha value is -3.03. The molecule has 0 spiro atoms. The van der Waals surface area contributed by atoms with Crippen molar-refractivity contribution in [1.82, 2.24) is 0 Å². The van der Waals surface area contributed by atoms with Crippen LogP contribution in [0.3, 0.4) is 0 Å². The Bertz CT molecular complexity index is 1080.